The monoisotopic (exact) mass is 483 g/mol. The van der Waals surface area contributed by atoms with Crippen LogP contribution in [0.3, 0.4) is 0 Å². The van der Waals surface area contributed by atoms with Gasteiger partial charge in [-0.1, -0.05) is 26.7 Å². The number of hydrogen-bond acceptors (Lipinski definition) is 6. The average Bonchev–Trinajstić information content (AvgIpc) is 2.66. The molecular weight excluding hydrogens is 442 g/mol. The summed E-state index contributed by atoms with van der Waals surface area (Å²) in [6.45, 7) is 17.4. The van der Waals surface area contributed by atoms with Crippen LogP contribution in [0.2, 0.25) is 0 Å². The first kappa shape index (κ1) is 31.1. The summed E-state index contributed by atoms with van der Waals surface area (Å²) in [5.41, 5.74) is -1.21. The lowest BCUT2D eigenvalue weighted by molar-refractivity contribution is -0.147. The number of Topliss-reactive ketones (excluding diaryl/α,β-unsaturated/α-hetero) is 1. The number of ether oxygens (including phenoxy) is 2. The second-order valence-corrected chi connectivity index (χ2v) is 10.7. The molecule has 7 heteroatoms. The van der Waals surface area contributed by atoms with Gasteiger partial charge in [-0.2, -0.15) is 0 Å². The third-order valence-electron chi connectivity index (χ3n) is 5.31. The van der Waals surface area contributed by atoms with E-state index >= 15 is 0 Å². The Labute approximate surface area is 205 Å². The molecule has 0 spiro atoms. The van der Waals surface area contributed by atoms with E-state index in [-0.39, 0.29) is 41.8 Å². The first-order valence-electron chi connectivity index (χ1n) is 11.5. The van der Waals surface area contributed by atoms with Crippen LogP contribution in [0.4, 0.5) is 0 Å². The van der Waals surface area contributed by atoms with E-state index in [1.165, 1.54) is 12.1 Å². The highest BCUT2D eigenvalue weighted by molar-refractivity contribution is 5.98. The topological polar surface area (TPSA) is 81.7 Å². The number of carbonyl (C=O) groups excluding carboxylic acids is 3. The summed E-state index contributed by atoms with van der Waals surface area (Å²) in [6.07, 6.45) is 2.98. The van der Waals surface area contributed by atoms with E-state index in [1.807, 2.05) is 62.3 Å². The Morgan fingerprint density at radius 3 is 1.67 bits per heavy atom. The summed E-state index contributed by atoms with van der Waals surface area (Å²) >= 11 is 0. The lowest BCUT2D eigenvalue weighted by Gasteiger charge is -2.24. The molecule has 0 aliphatic rings. The molecule has 1 aromatic carbocycles. The Bertz CT molecular complexity index is 824. The van der Waals surface area contributed by atoms with Gasteiger partial charge < -0.3 is 14.8 Å². The van der Waals surface area contributed by atoms with Crippen LogP contribution in [0.15, 0.2) is 18.2 Å². The van der Waals surface area contributed by atoms with Gasteiger partial charge in [-0.25, -0.2) is 0 Å². The maximum absolute atomic E-state index is 12.8. The van der Waals surface area contributed by atoms with Crippen LogP contribution in [0.1, 0.15) is 98.4 Å². The minimum absolute atomic E-state index is 0. The molecule has 0 fully saturated rings. The number of hydrogen-bond donors (Lipinski definition) is 1. The van der Waals surface area contributed by atoms with Crippen molar-refractivity contribution in [2.45, 2.75) is 93.5 Å². The van der Waals surface area contributed by atoms with Crippen molar-refractivity contribution in [1.29, 1.82) is 0 Å². The van der Waals surface area contributed by atoms with Crippen LogP contribution < -0.4 is 14.8 Å². The first-order valence-corrected chi connectivity index (χ1v) is 11.5. The summed E-state index contributed by atoms with van der Waals surface area (Å²) < 4.78 is 11.3. The molecule has 0 unspecified atom stereocenters. The highest BCUT2D eigenvalue weighted by Crippen LogP contribution is 2.34. The Morgan fingerprint density at radius 1 is 0.788 bits per heavy atom. The van der Waals surface area contributed by atoms with Crippen molar-refractivity contribution < 1.29 is 23.9 Å². The number of carbonyl (C=O) groups is 3. The normalized spacial score (nSPS) is 12.0. The molecule has 33 heavy (non-hydrogen) atoms. The van der Waals surface area contributed by atoms with Gasteiger partial charge in [0, 0.05) is 11.1 Å². The summed E-state index contributed by atoms with van der Waals surface area (Å²) in [7, 11) is 0. The second kappa shape index (κ2) is 12.5. The number of benzene rings is 1. The van der Waals surface area contributed by atoms with Crippen LogP contribution in [0.25, 0.3) is 0 Å². The van der Waals surface area contributed by atoms with Crippen LogP contribution in [0.5, 0.6) is 11.5 Å². The molecule has 0 bridgehead atoms. The zero-order valence-electron chi connectivity index (χ0n) is 21.7. The SMILES string of the molecule is CCCC(C)(C)C(=O)Oc1ccc(C(=O)CNC(C)(C)C)cc1OC(=O)C(C)(C)CCC.Cl. The van der Waals surface area contributed by atoms with Crippen molar-refractivity contribution in [2.24, 2.45) is 10.8 Å². The lowest BCUT2D eigenvalue weighted by Crippen LogP contribution is -2.39. The minimum atomic E-state index is -0.703. The van der Waals surface area contributed by atoms with Gasteiger partial charge in [-0.15, -0.1) is 12.4 Å². The van der Waals surface area contributed by atoms with E-state index in [1.54, 1.807) is 6.07 Å². The van der Waals surface area contributed by atoms with Gasteiger partial charge in [-0.3, -0.25) is 14.4 Å². The van der Waals surface area contributed by atoms with Crippen LogP contribution in [0, 0.1) is 10.8 Å². The molecule has 0 saturated heterocycles. The molecule has 6 nitrogen and oxygen atoms in total. The van der Waals surface area contributed by atoms with Gasteiger partial charge in [0.05, 0.1) is 17.4 Å². The summed E-state index contributed by atoms with van der Waals surface area (Å²) in [5.74, 6) is -0.754. The van der Waals surface area contributed by atoms with E-state index in [0.29, 0.717) is 18.4 Å². The number of rotatable bonds is 11. The van der Waals surface area contributed by atoms with Gasteiger partial charge in [0.2, 0.25) is 0 Å². The molecule has 0 saturated carbocycles. The van der Waals surface area contributed by atoms with Crippen molar-refractivity contribution in [3.63, 3.8) is 0 Å². The Balaban J connectivity index is 0.0000102. The van der Waals surface area contributed by atoms with Gasteiger partial charge in [0.25, 0.3) is 0 Å². The highest BCUT2D eigenvalue weighted by atomic mass is 35.5. The Morgan fingerprint density at radius 2 is 1.24 bits per heavy atom. The number of esters is 2. The Hall–Kier alpha value is -1.92. The van der Waals surface area contributed by atoms with E-state index in [9.17, 15) is 14.4 Å². The van der Waals surface area contributed by atoms with Gasteiger partial charge in [-0.05, 0) is 79.5 Å². The third kappa shape index (κ3) is 9.85. The molecule has 0 amide bonds. The van der Waals surface area contributed by atoms with E-state index in [2.05, 4.69) is 5.32 Å². The van der Waals surface area contributed by atoms with E-state index < -0.39 is 22.8 Å². The molecule has 0 atom stereocenters. The molecule has 0 aromatic heterocycles. The molecule has 0 aliphatic heterocycles. The molecule has 1 aromatic rings. The highest BCUT2D eigenvalue weighted by Gasteiger charge is 2.32. The molecular formula is C26H42ClNO5. The predicted molar refractivity (Wildman–Crippen MR) is 134 cm³/mol. The fraction of sp³-hybridized carbons (Fsp3) is 0.654. The second-order valence-electron chi connectivity index (χ2n) is 10.7. The quantitative estimate of drug-likeness (QED) is 0.231. The minimum Gasteiger partial charge on any atom is -0.422 e. The fourth-order valence-electron chi connectivity index (χ4n) is 3.22. The molecule has 1 N–H and O–H groups in total. The van der Waals surface area contributed by atoms with Crippen molar-refractivity contribution in [1.82, 2.24) is 5.32 Å². The zero-order valence-corrected chi connectivity index (χ0v) is 22.5. The van der Waals surface area contributed by atoms with Gasteiger partial charge >= 0.3 is 11.9 Å². The van der Waals surface area contributed by atoms with Gasteiger partial charge in [0.15, 0.2) is 17.3 Å². The Kier molecular flexibility index (Phi) is 11.8. The maximum atomic E-state index is 12.8. The average molecular weight is 484 g/mol. The van der Waals surface area contributed by atoms with Crippen molar-refractivity contribution in [3.8, 4) is 11.5 Å². The third-order valence-corrected chi connectivity index (χ3v) is 5.31. The zero-order chi connectivity index (χ0) is 24.7. The lowest BCUT2D eigenvalue weighted by atomic mass is 9.88. The standard InChI is InChI=1S/C26H41NO5.ClH/c1-10-14-25(6,7)22(29)31-20-13-12-18(19(28)17-27-24(3,4)5)16-21(20)32-23(30)26(8,9)15-11-2;/h12-13,16,27H,10-11,14-15,17H2,1-9H3;1H. The van der Waals surface area contributed by atoms with Crippen LogP contribution in [-0.2, 0) is 9.59 Å². The summed E-state index contributed by atoms with van der Waals surface area (Å²) in [4.78, 5) is 38.3. The molecule has 0 radical (unpaired) electrons. The van der Waals surface area contributed by atoms with Crippen LogP contribution >= 0.6 is 12.4 Å². The van der Waals surface area contributed by atoms with Crippen molar-refractivity contribution >= 4 is 30.1 Å². The largest absolute Gasteiger partial charge is 0.422 e. The summed E-state index contributed by atoms with van der Waals surface area (Å²) in [5, 5.41) is 3.16. The number of nitrogens with one attached hydrogen (secondary N) is 1. The molecule has 0 heterocycles. The van der Waals surface area contributed by atoms with E-state index in [4.69, 9.17) is 9.47 Å². The molecule has 1 rings (SSSR count). The number of ketones is 1. The molecule has 0 aliphatic carbocycles. The number of halogens is 1. The van der Waals surface area contributed by atoms with Crippen LogP contribution in [-0.4, -0.2) is 29.8 Å². The molecule has 188 valence electrons. The fourth-order valence-corrected chi connectivity index (χ4v) is 3.22. The summed E-state index contributed by atoms with van der Waals surface area (Å²) in [6, 6.07) is 4.61. The maximum Gasteiger partial charge on any atom is 0.317 e. The van der Waals surface area contributed by atoms with Gasteiger partial charge in [0.1, 0.15) is 0 Å². The predicted octanol–water partition coefficient (Wildman–Crippen LogP) is 6.14. The first-order chi connectivity index (χ1) is 14.6. The van der Waals surface area contributed by atoms with E-state index in [0.717, 1.165) is 12.8 Å². The van der Waals surface area contributed by atoms with Crippen molar-refractivity contribution in [2.75, 3.05) is 6.54 Å². The van der Waals surface area contributed by atoms with Crippen molar-refractivity contribution in [3.05, 3.63) is 23.8 Å². The smallest absolute Gasteiger partial charge is 0.317 e.